The third kappa shape index (κ3) is 3.48. The van der Waals surface area contributed by atoms with Gasteiger partial charge in [-0.3, -0.25) is 0 Å². The second-order valence-corrected chi connectivity index (χ2v) is 5.06. The maximum absolute atomic E-state index is 9.86. The molecule has 1 saturated heterocycles. The summed E-state index contributed by atoms with van der Waals surface area (Å²) in [4.78, 5) is 0. The van der Waals surface area contributed by atoms with E-state index in [9.17, 15) is 20.4 Å². The number of benzene rings is 1. The van der Waals surface area contributed by atoms with Crippen molar-refractivity contribution in [3.8, 4) is 0 Å². The predicted molar refractivity (Wildman–Crippen MR) is 70.1 cm³/mol. The molecule has 0 aliphatic carbocycles. The van der Waals surface area contributed by atoms with Crippen molar-refractivity contribution in [2.75, 3.05) is 13.2 Å². The normalized spacial score (nSPS) is 35.4. The smallest absolute Gasteiger partial charge is 0.184 e. The third-order valence-corrected chi connectivity index (χ3v) is 3.38. The molecule has 0 spiro atoms. The zero-order valence-corrected chi connectivity index (χ0v) is 11.3. The second-order valence-electron chi connectivity index (χ2n) is 4.63. The van der Waals surface area contributed by atoms with Crippen molar-refractivity contribution in [1.29, 1.82) is 0 Å². The first-order valence-corrected chi connectivity index (χ1v) is 6.58. The molecule has 1 heterocycles. The minimum atomic E-state index is -1.45. The van der Waals surface area contributed by atoms with Gasteiger partial charge in [0.05, 0.1) is 13.2 Å². The quantitative estimate of drug-likeness (QED) is 0.605. The summed E-state index contributed by atoms with van der Waals surface area (Å²) < 4.78 is 10.8. The Hall–Kier alpha value is -0.730. The van der Waals surface area contributed by atoms with Crippen LogP contribution in [-0.4, -0.2) is 58.1 Å². The highest BCUT2D eigenvalue weighted by Crippen LogP contribution is 2.27. The lowest BCUT2D eigenvalue weighted by Crippen LogP contribution is -2.51. The lowest BCUT2D eigenvalue weighted by atomic mass is 10.0. The number of hydrogen-bond acceptors (Lipinski definition) is 6. The monoisotopic (exact) mass is 304 g/mol. The molecule has 1 aromatic carbocycles. The van der Waals surface area contributed by atoms with Gasteiger partial charge in [0.1, 0.15) is 24.4 Å². The Kier molecular flexibility index (Phi) is 5.34. The lowest BCUT2D eigenvalue weighted by Gasteiger charge is -2.35. The van der Waals surface area contributed by atoms with E-state index < -0.39 is 37.3 Å². The molecule has 1 aromatic rings. The molecule has 0 radical (unpaired) electrons. The zero-order chi connectivity index (χ0) is 14.7. The topological polar surface area (TPSA) is 99.4 Å². The maximum Gasteiger partial charge on any atom is 0.184 e. The number of ether oxygens (including phenoxy) is 2. The molecular formula is C13H17ClO6. The van der Waals surface area contributed by atoms with Crippen LogP contribution < -0.4 is 0 Å². The molecule has 112 valence electrons. The minimum Gasteiger partial charge on any atom is -0.394 e. The highest BCUT2D eigenvalue weighted by Gasteiger charge is 2.36. The Balaban J connectivity index is 2.21. The van der Waals surface area contributed by atoms with Gasteiger partial charge < -0.3 is 29.9 Å². The van der Waals surface area contributed by atoms with Crippen LogP contribution in [0.15, 0.2) is 24.3 Å². The van der Waals surface area contributed by atoms with Crippen molar-refractivity contribution < 1.29 is 29.9 Å². The molecule has 4 N–H and O–H groups in total. The highest BCUT2D eigenvalue weighted by molar-refractivity contribution is 6.30. The molecule has 1 aliphatic heterocycles. The van der Waals surface area contributed by atoms with E-state index in [2.05, 4.69) is 0 Å². The first-order valence-electron chi connectivity index (χ1n) is 6.20. The molecule has 6 nitrogen and oxygen atoms in total. The summed E-state index contributed by atoms with van der Waals surface area (Å²) in [6, 6.07) is 6.73. The fourth-order valence-electron chi connectivity index (χ4n) is 1.99. The molecule has 5 atom stereocenters. The van der Waals surface area contributed by atoms with Gasteiger partial charge in [0.2, 0.25) is 0 Å². The molecule has 0 amide bonds. The lowest BCUT2D eigenvalue weighted by molar-refractivity contribution is -0.256. The van der Waals surface area contributed by atoms with Crippen LogP contribution in [0.1, 0.15) is 11.9 Å². The first kappa shape index (κ1) is 15.7. The van der Waals surface area contributed by atoms with Gasteiger partial charge in [0.15, 0.2) is 6.29 Å². The fourth-order valence-corrected chi connectivity index (χ4v) is 2.19. The van der Waals surface area contributed by atoms with Gasteiger partial charge in [-0.25, -0.2) is 0 Å². The molecule has 2 rings (SSSR count). The molecule has 0 saturated carbocycles. The third-order valence-electron chi connectivity index (χ3n) is 3.14. The number of rotatable bonds is 2. The van der Waals surface area contributed by atoms with Crippen molar-refractivity contribution >= 4 is 11.6 Å². The standard InChI is InChI=1S/C13H17ClO6/c14-8-3-1-2-7(4-8)13-19-6-9(16)11(17)12(18)10(5-15)20-13/h1-4,9-13,15-18H,5-6H2/t9-,10+,11+,12+,13?/m1/s1. The summed E-state index contributed by atoms with van der Waals surface area (Å²) in [6.07, 6.45) is -6.12. The molecular weight excluding hydrogens is 288 g/mol. The van der Waals surface area contributed by atoms with Gasteiger partial charge in [-0.05, 0) is 12.1 Å². The summed E-state index contributed by atoms with van der Waals surface area (Å²) >= 11 is 5.89. The van der Waals surface area contributed by atoms with E-state index in [0.29, 0.717) is 10.6 Å². The summed E-state index contributed by atoms with van der Waals surface area (Å²) in [6.45, 7) is -0.737. The van der Waals surface area contributed by atoms with Gasteiger partial charge in [-0.15, -0.1) is 0 Å². The van der Waals surface area contributed by atoms with E-state index >= 15 is 0 Å². The Labute approximate surface area is 121 Å². The Morgan fingerprint density at radius 3 is 2.60 bits per heavy atom. The first-order chi connectivity index (χ1) is 9.52. The summed E-state index contributed by atoms with van der Waals surface area (Å²) in [5.74, 6) is 0. The van der Waals surface area contributed by atoms with Gasteiger partial charge in [0, 0.05) is 10.6 Å². The van der Waals surface area contributed by atoms with Crippen LogP contribution in [0.4, 0.5) is 0 Å². The van der Waals surface area contributed by atoms with Crippen LogP contribution in [0.3, 0.4) is 0 Å². The fraction of sp³-hybridized carbons (Fsp3) is 0.538. The second kappa shape index (κ2) is 6.82. The largest absolute Gasteiger partial charge is 0.394 e. The zero-order valence-electron chi connectivity index (χ0n) is 10.6. The predicted octanol–water partition coefficient (Wildman–Crippen LogP) is -0.171. The molecule has 0 bridgehead atoms. The van der Waals surface area contributed by atoms with Crippen LogP contribution in [0.2, 0.25) is 5.02 Å². The summed E-state index contributed by atoms with van der Waals surface area (Å²) in [7, 11) is 0. The Morgan fingerprint density at radius 1 is 1.20 bits per heavy atom. The summed E-state index contributed by atoms with van der Waals surface area (Å²) in [5, 5.41) is 38.9. The highest BCUT2D eigenvalue weighted by atomic mass is 35.5. The number of aliphatic hydroxyl groups excluding tert-OH is 4. The average Bonchev–Trinajstić information content (AvgIpc) is 2.44. The van der Waals surface area contributed by atoms with Crippen molar-refractivity contribution in [1.82, 2.24) is 0 Å². The molecule has 1 fully saturated rings. The minimum absolute atomic E-state index is 0.215. The number of hydrogen-bond donors (Lipinski definition) is 4. The van der Waals surface area contributed by atoms with Crippen LogP contribution in [0.25, 0.3) is 0 Å². The maximum atomic E-state index is 9.86. The van der Waals surface area contributed by atoms with E-state index in [4.69, 9.17) is 21.1 Å². The van der Waals surface area contributed by atoms with E-state index in [1.54, 1.807) is 24.3 Å². The van der Waals surface area contributed by atoms with Crippen LogP contribution in [0.5, 0.6) is 0 Å². The van der Waals surface area contributed by atoms with E-state index in [1.807, 2.05) is 0 Å². The SMILES string of the molecule is OC[C@@H]1OC(c2cccc(Cl)c2)OC[C@@H](O)[C@H](O)[C@H]1O. The van der Waals surface area contributed by atoms with Crippen LogP contribution in [-0.2, 0) is 9.47 Å². The van der Waals surface area contributed by atoms with Gasteiger partial charge in [-0.1, -0.05) is 23.7 Å². The van der Waals surface area contributed by atoms with E-state index in [0.717, 1.165) is 0 Å². The van der Waals surface area contributed by atoms with Crippen molar-refractivity contribution in [2.45, 2.75) is 30.7 Å². The molecule has 0 aromatic heterocycles. The van der Waals surface area contributed by atoms with E-state index in [1.165, 1.54) is 0 Å². The number of aliphatic hydroxyl groups is 4. The van der Waals surface area contributed by atoms with Crippen LogP contribution in [0, 0.1) is 0 Å². The summed E-state index contributed by atoms with van der Waals surface area (Å²) in [5.41, 5.74) is 0.590. The molecule has 20 heavy (non-hydrogen) atoms. The Morgan fingerprint density at radius 2 is 1.95 bits per heavy atom. The average molecular weight is 305 g/mol. The molecule has 1 unspecified atom stereocenters. The van der Waals surface area contributed by atoms with Gasteiger partial charge in [-0.2, -0.15) is 0 Å². The van der Waals surface area contributed by atoms with Gasteiger partial charge in [0.25, 0.3) is 0 Å². The molecule has 7 heteroatoms. The molecule has 1 aliphatic rings. The van der Waals surface area contributed by atoms with Crippen molar-refractivity contribution in [3.05, 3.63) is 34.9 Å². The van der Waals surface area contributed by atoms with Gasteiger partial charge >= 0.3 is 0 Å². The Bertz CT molecular complexity index is 443. The van der Waals surface area contributed by atoms with Crippen molar-refractivity contribution in [2.24, 2.45) is 0 Å². The van der Waals surface area contributed by atoms with Crippen LogP contribution >= 0.6 is 11.6 Å². The number of halogens is 1. The van der Waals surface area contributed by atoms with E-state index in [-0.39, 0.29) is 6.61 Å². The van der Waals surface area contributed by atoms with Crippen molar-refractivity contribution in [3.63, 3.8) is 0 Å².